The van der Waals surface area contributed by atoms with Crippen LogP contribution in [-0.4, -0.2) is 80.5 Å². The quantitative estimate of drug-likeness (QED) is 0.454. The predicted octanol–water partition coefficient (Wildman–Crippen LogP) is 2.58. The zero-order chi connectivity index (χ0) is 26.1. The molecular weight excluding hydrogens is 477 g/mol. The minimum Gasteiger partial charge on any atom is -0.424 e. The second-order valence-corrected chi connectivity index (χ2v) is 12.2. The normalized spacial score (nSPS) is 46.4. The third kappa shape index (κ3) is 2.67. The van der Waals surface area contributed by atoms with Gasteiger partial charge in [0.1, 0.15) is 23.3 Å². The summed E-state index contributed by atoms with van der Waals surface area (Å²) in [5.74, 6) is -0.00846. The Hall–Kier alpha value is -2.30. The molecule has 7 rings (SSSR count). The molecule has 9 atom stereocenters. The number of rotatable bonds is 2. The average Bonchev–Trinajstić information content (AvgIpc) is 3.51. The van der Waals surface area contributed by atoms with E-state index in [9.17, 15) is 15.3 Å². The monoisotopic (exact) mass is 511 g/mol. The molecule has 0 radical (unpaired) electrons. The number of fused-ring (bicyclic) bond motifs is 2. The zero-order valence-electron chi connectivity index (χ0n) is 21.3. The van der Waals surface area contributed by atoms with Gasteiger partial charge in [0.25, 0.3) is 6.01 Å². The Morgan fingerprint density at radius 3 is 2.70 bits per heavy atom. The van der Waals surface area contributed by atoms with Crippen LogP contribution in [-0.2, 0) is 4.74 Å². The van der Waals surface area contributed by atoms with Gasteiger partial charge >= 0.3 is 0 Å². The number of ether oxygens (including phenoxy) is 1. The minimum absolute atomic E-state index is 0.00846. The van der Waals surface area contributed by atoms with Crippen molar-refractivity contribution in [2.24, 2.45) is 11.3 Å². The molecule has 3 fully saturated rings. The lowest BCUT2D eigenvalue weighted by molar-refractivity contribution is -0.308. The molecule has 1 aromatic carbocycles. The summed E-state index contributed by atoms with van der Waals surface area (Å²) in [6, 6.07) is 5.55. The highest BCUT2D eigenvalue weighted by atomic mass is 19.1. The van der Waals surface area contributed by atoms with Gasteiger partial charge in [0.15, 0.2) is 11.3 Å². The summed E-state index contributed by atoms with van der Waals surface area (Å²) in [5, 5.41) is 33.5. The topological polar surface area (TPSA) is 125 Å². The van der Waals surface area contributed by atoms with Crippen LogP contribution in [0.3, 0.4) is 0 Å². The van der Waals surface area contributed by atoms with Gasteiger partial charge in [-0.2, -0.15) is 4.98 Å². The first-order valence-electron chi connectivity index (χ1n) is 13.1. The molecular formula is C28H34FN3O5. The van der Waals surface area contributed by atoms with Gasteiger partial charge in [-0.25, -0.2) is 4.39 Å². The third-order valence-electron chi connectivity index (χ3n) is 10.5. The Balaban J connectivity index is 1.32. The fraction of sp³-hybridized carbons (Fsp3) is 0.607. The van der Waals surface area contributed by atoms with Crippen molar-refractivity contribution >= 4 is 22.7 Å². The summed E-state index contributed by atoms with van der Waals surface area (Å²) >= 11 is 0. The number of hydrogen-bond donors (Lipinski definition) is 4. The maximum atomic E-state index is 17.0. The molecule has 3 unspecified atom stereocenters. The molecule has 37 heavy (non-hydrogen) atoms. The number of benzene rings is 1. The molecule has 2 aromatic rings. The van der Waals surface area contributed by atoms with Gasteiger partial charge in [-0.15, -0.1) is 0 Å². The van der Waals surface area contributed by atoms with Crippen molar-refractivity contribution in [2.75, 3.05) is 19.8 Å². The van der Waals surface area contributed by atoms with Crippen molar-refractivity contribution < 1.29 is 28.9 Å². The first kappa shape index (κ1) is 23.8. The number of alkyl halides is 1. The second-order valence-electron chi connectivity index (χ2n) is 12.2. The van der Waals surface area contributed by atoms with Crippen LogP contribution in [0.15, 0.2) is 40.3 Å². The number of anilines is 1. The van der Waals surface area contributed by atoms with Crippen LogP contribution in [0.25, 0.3) is 16.7 Å². The van der Waals surface area contributed by atoms with Crippen molar-refractivity contribution in [2.45, 2.75) is 80.3 Å². The Morgan fingerprint density at radius 2 is 1.95 bits per heavy atom. The maximum Gasteiger partial charge on any atom is 0.292 e. The number of halogens is 1. The summed E-state index contributed by atoms with van der Waals surface area (Å²) in [7, 11) is 3.61. The minimum atomic E-state index is -2.48. The fourth-order valence-electron chi connectivity index (χ4n) is 8.64. The Bertz CT molecular complexity index is 1370. The summed E-state index contributed by atoms with van der Waals surface area (Å²) in [4.78, 5) is 6.01. The van der Waals surface area contributed by atoms with Crippen LogP contribution in [0.1, 0.15) is 44.6 Å². The molecule has 1 aromatic heterocycles. The van der Waals surface area contributed by atoms with Gasteiger partial charge in [0, 0.05) is 17.4 Å². The lowest BCUT2D eigenvalue weighted by Crippen LogP contribution is -2.78. The summed E-state index contributed by atoms with van der Waals surface area (Å²) in [5.41, 5.74) is 4.80. The number of oxazole rings is 1. The number of aliphatic hydroxyl groups excluding tert-OH is 3. The first-order valence-corrected chi connectivity index (χ1v) is 13.1. The lowest BCUT2D eigenvalue weighted by Gasteiger charge is -2.62. The third-order valence-corrected chi connectivity index (χ3v) is 10.5. The molecule has 8 nitrogen and oxygen atoms in total. The molecule has 5 aliphatic rings. The molecule has 1 saturated carbocycles. The maximum absolute atomic E-state index is 17.0. The molecule has 198 valence electrons. The van der Waals surface area contributed by atoms with Crippen molar-refractivity contribution in [3.05, 3.63) is 41.5 Å². The van der Waals surface area contributed by atoms with E-state index in [0.29, 0.717) is 35.9 Å². The number of hydrogen-bond acceptors (Lipinski definition) is 8. The number of allylic oxidation sites excluding steroid dienone is 3. The lowest BCUT2D eigenvalue weighted by atomic mass is 9.55. The standard InChI is InChI=1S/C28H34FN3O5/c1-25-9-8-16-22(34)28(29)23(35)21(33)18(32(2)3)13-26(28)10-11-27(16,37-26)20(25)7-5-15(25)14-4-6-17-19(12-14)36-24(30)31-17/h4-6,8,12,18,20-23,33-35H,7,9-11,13H2,1-3H3,(H2,30,31)/t18-,20?,21+,22?,23-,25+,26+,27+,28?/m0/s1. The fourth-order valence-corrected chi connectivity index (χ4v) is 8.64. The van der Waals surface area contributed by atoms with E-state index in [1.54, 1.807) is 4.90 Å². The zero-order valence-corrected chi connectivity index (χ0v) is 21.3. The largest absolute Gasteiger partial charge is 0.424 e. The predicted molar refractivity (Wildman–Crippen MR) is 135 cm³/mol. The molecule has 3 aliphatic carbocycles. The Labute approximate surface area is 214 Å². The van der Waals surface area contributed by atoms with Crippen LogP contribution < -0.4 is 5.73 Å². The summed E-state index contributed by atoms with van der Waals surface area (Å²) in [6.07, 6.45) is 1.99. The summed E-state index contributed by atoms with van der Waals surface area (Å²) in [6.45, 7) is 2.22. The van der Waals surface area contributed by atoms with Crippen LogP contribution in [0.5, 0.6) is 0 Å². The smallest absolute Gasteiger partial charge is 0.292 e. The number of nitrogen functional groups attached to an aromatic ring is 1. The number of nitrogens with two attached hydrogens (primary N) is 1. The van der Waals surface area contributed by atoms with Crippen molar-refractivity contribution in [3.8, 4) is 0 Å². The Morgan fingerprint density at radius 1 is 1.16 bits per heavy atom. The molecule has 2 bridgehead atoms. The average molecular weight is 512 g/mol. The highest BCUT2D eigenvalue weighted by molar-refractivity contribution is 5.83. The van der Waals surface area contributed by atoms with Gasteiger partial charge in [-0.1, -0.05) is 25.1 Å². The van der Waals surface area contributed by atoms with Gasteiger partial charge < -0.3 is 35.1 Å². The molecule has 0 amide bonds. The molecule has 2 spiro atoms. The van der Waals surface area contributed by atoms with Crippen LogP contribution in [0.4, 0.5) is 10.4 Å². The number of nitrogens with zero attached hydrogens (tertiary/aromatic N) is 2. The van der Waals surface area contributed by atoms with Crippen LogP contribution >= 0.6 is 0 Å². The van der Waals surface area contributed by atoms with E-state index in [2.05, 4.69) is 18.0 Å². The first-order chi connectivity index (χ1) is 17.5. The van der Waals surface area contributed by atoms with E-state index in [0.717, 1.165) is 12.0 Å². The number of aromatic nitrogens is 1. The SMILES string of the molecule is CN(C)[C@H]1C[C@@]23CC[C@@]4(O2)C(=CC[C@]2(C)C(c5ccc6nc(N)oc6c5)=CCC24)C(O)C3(F)[C@@H](O)[C@@H]1O. The number of aliphatic hydroxyl groups is 3. The molecule has 3 heterocycles. The molecule has 9 heteroatoms. The van der Waals surface area contributed by atoms with Gasteiger partial charge in [0.2, 0.25) is 0 Å². The van der Waals surface area contributed by atoms with Crippen molar-refractivity contribution in [1.82, 2.24) is 9.88 Å². The summed E-state index contributed by atoms with van der Waals surface area (Å²) < 4.78 is 29.5. The van der Waals surface area contributed by atoms with Gasteiger partial charge in [0.05, 0.1) is 11.7 Å². The molecule has 2 saturated heterocycles. The van der Waals surface area contributed by atoms with E-state index in [1.807, 2.05) is 38.4 Å². The molecule has 5 N–H and O–H groups in total. The van der Waals surface area contributed by atoms with E-state index < -0.39 is 41.2 Å². The number of likely N-dealkylation sites (N-methyl/N-ethyl adjacent to an activating group) is 1. The molecule has 2 aliphatic heterocycles. The highest BCUT2D eigenvalue weighted by Crippen LogP contribution is 2.70. The van der Waals surface area contributed by atoms with E-state index in [4.69, 9.17) is 14.9 Å². The highest BCUT2D eigenvalue weighted by Gasteiger charge is 2.79. The van der Waals surface area contributed by atoms with Crippen molar-refractivity contribution in [3.63, 3.8) is 0 Å². The van der Waals surface area contributed by atoms with Gasteiger partial charge in [-0.05, 0) is 75.0 Å². The van der Waals surface area contributed by atoms with E-state index in [-0.39, 0.29) is 23.8 Å². The van der Waals surface area contributed by atoms with Crippen molar-refractivity contribution in [1.29, 1.82) is 0 Å². The van der Waals surface area contributed by atoms with Crippen LogP contribution in [0, 0.1) is 11.3 Å². The van der Waals surface area contributed by atoms with Crippen LogP contribution in [0.2, 0.25) is 0 Å². The van der Waals surface area contributed by atoms with E-state index in [1.165, 1.54) is 5.57 Å². The Kier molecular flexibility index (Phi) is 4.64. The second kappa shape index (κ2) is 7.21. The van der Waals surface area contributed by atoms with E-state index >= 15 is 4.39 Å². The van der Waals surface area contributed by atoms with Gasteiger partial charge in [-0.3, -0.25) is 0 Å².